The normalized spacial score (nSPS) is 11.2. The number of sulfonamides is 1. The van der Waals surface area contributed by atoms with Crippen molar-refractivity contribution in [3.8, 4) is 0 Å². The largest absolute Gasteiger partial charge is 0.399 e. The molecule has 0 amide bonds. The number of nitrogens with one attached hydrogen (secondary N) is 1. The molecule has 26 heavy (non-hydrogen) atoms. The topological polar surface area (TPSA) is 127 Å². The number of benzene rings is 2. The molecule has 8 nitrogen and oxygen atoms in total. The van der Waals surface area contributed by atoms with Crippen LogP contribution in [0.2, 0.25) is 0 Å². The van der Waals surface area contributed by atoms with Gasteiger partial charge in [-0.1, -0.05) is 12.1 Å². The van der Waals surface area contributed by atoms with E-state index in [0.717, 1.165) is 5.69 Å². The van der Waals surface area contributed by atoms with Gasteiger partial charge < -0.3 is 16.0 Å². The Kier molecular flexibility index (Phi) is 4.74. The minimum absolute atomic E-state index is 0.0270. The summed E-state index contributed by atoms with van der Waals surface area (Å²) in [5.41, 5.74) is 7.59. The van der Waals surface area contributed by atoms with Crippen LogP contribution in [0.15, 0.2) is 65.7 Å². The van der Waals surface area contributed by atoms with Crippen LogP contribution >= 0.6 is 0 Å². The van der Waals surface area contributed by atoms with Crippen LogP contribution in [0.4, 0.5) is 28.8 Å². The number of nitrogens with two attached hydrogens (primary N) is 2. The van der Waals surface area contributed by atoms with E-state index in [1.165, 1.54) is 6.07 Å². The van der Waals surface area contributed by atoms with E-state index in [1.807, 2.05) is 24.1 Å². The first-order valence-electron chi connectivity index (χ1n) is 7.66. The van der Waals surface area contributed by atoms with Crippen LogP contribution in [0.25, 0.3) is 0 Å². The second kappa shape index (κ2) is 6.98. The summed E-state index contributed by atoms with van der Waals surface area (Å²) in [5, 5.41) is 8.16. The molecule has 0 aliphatic heterocycles. The molecular formula is C17H18N6O2S. The zero-order chi connectivity index (χ0) is 18.7. The van der Waals surface area contributed by atoms with Gasteiger partial charge in [-0.2, -0.15) is 4.98 Å². The van der Waals surface area contributed by atoms with Gasteiger partial charge in [-0.05, 0) is 42.5 Å². The second-order valence-electron chi connectivity index (χ2n) is 5.56. The summed E-state index contributed by atoms with van der Waals surface area (Å²) in [6.07, 6.45) is 1.58. The number of hydrogen-bond acceptors (Lipinski definition) is 7. The van der Waals surface area contributed by atoms with Crippen LogP contribution < -0.4 is 21.1 Å². The monoisotopic (exact) mass is 370 g/mol. The highest BCUT2D eigenvalue weighted by molar-refractivity contribution is 7.89. The lowest BCUT2D eigenvalue weighted by atomic mass is 10.2. The van der Waals surface area contributed by atoms with E-state index in [2.05, 4.69) is 15.3 Å². The number of aromatic nitrogens is 2. The van der Waals surface area contributed by atoms with Gasteiger partial charge in [0.15, 0.2) is 0 Å². The maximum atomic E-state index is 11.7. The van der Waals surface area contributed by atoms with Crippen molar-refractivity contribution in [2.24, 2.45) is 5.14 Å². The van der Waals surface area contributed by atoms with Crippen LogP contribution in [0.3, 0.4) is 0 Å². The first kappa shape index (κ1) is 17.6. The maximum Gasteiger partial charge on any atom is 0.240 e. The average molecular weight is 370 g/mol. The Bertz CT molecular complexity index is 1020. The quantitative estimate of drug-likeness (QED) is 0.588. The van der Waals surface area contributed by atoms with Gasteiger partial charge in [-0.15, -0.1) is 0 Å². The van der Waals surface area contributed by atoms with Crippen molar-refractivity contribution in [3.05, 3.63) is 60.8 Å². The van der Waals surface area contributed by atoms with Crippen molar-refractivity contribution in [2.75, 3.05) is 23.0 Å². The Labute approximate surface area is 151 Å². The molecule has 0 aliphatic carbocycles. The summed E-state index contributed by atoms with van der Waals surface area (Å²) in [4.78, 5) is 10.4. The van der Waals surface area contributed by atoms with Crippen molar-refractivity contribution < 1.29 is 8.42 Å². The third kappa shape index (κ3) is 3.90. The fourth-order valence-corrected chi connectivity index (χ4v) is 3.06. The van der Waals surface area contributed by atoms with Gasteiger partial charge in [-0.25, -0.2) is 18.5 Å². The van der Waals surface area contributed by atoms with Gasteiger partial charge in [0, 0.05) is 24.6 Å². The molecule has 0 bridgehead atoms. The number of rotatable bonds is 5. The van der Waals surface area contributed by atoms with Gasteiger partial charge >= 0.3 is 0 Å². The smallest absolute Gasteiger partial charge is 0.240 e. The summed E-state index contributed by atoms with van der Waals surface area (Å²) in [5.74, 6) is 0.876. The van der Waals surface area contributed by atoms with Gasteiger partial charge in [0.25, 0.3) is 0 Å². The van der Waals surface area contributed by atoms with Crippen LogP contribution in [-0.4, -0.2) is 25.4 Å². The first-order chi connectivity index (χ1) is 12.3. The van der Waals surface area contributed by atoms with E-state index in [4.69, 9.17) is 10.9 Å². The Morgan fingerprint density at radius 3 is 2.42 bits per heavy atom. The van der Waals surface area contributed by atoms with Gasteiger partial charge in [0.05, 0.1) is 5.69 Å². The van der Waals surface area contributed by atoms with Crippen LogP contribution in [0.1, 0.15) is 0 Å². The Balaban J connectivity index is 1.90. The standard InChI is InChI=1S/C17H18N6O2S/c1-23(13-8-6-12(18)7-9-13)16-10-11-20-17(22-16)21-14-4-2-3-5-15(14)26(19,24)25/h2-11H,18H2,1H3,(H2,19,24,25)(H,20,21,22). The van der Waals surface area contributed by atoms with E-state index in [1.54, 1.807) is 42.6 Å². The first-order valence-corrected chi connectivity index (χ1v) is 9.20. The summed E-state index contributed by atoms with van der Waals surface area (Å²) < 4.78 is 23.4. The number of nitrogen functional groups attached to an aromatic ring is 1. The average Bonchev–Trinajstić information content (AvgIpc) is 2.61. The van der Waals surface area contributed by atoms with Crippen molar-refractivity contribution in [1.29, 1.82) is 0 Å². The molecule has 3 aromatic rings. The molecule has 0 spiro atoms. The molecule has 3 rings (SSSR count). The predicted octanol–water partition coefficient (Wildman–Crippen LogP) is 2.22. The molecule has 9 heteroatoms. The number of nitrogens with zero attached hydrogens (tertiary/aromatic N) is 3. The Morgan fingerprint density at radius 1 is 1.04 bits per heavy atom. The maximum absolute atomic E-state index is 11.7. The number of para-hydroxylation sites is 1. The van der Waals surface area contributed by atoms with Crippen LogP contribution in [0, 0.1) is 0 Å². The molecule has 0 saturated heterocycles. The Morgan fingerprint density at radius 2 is 1.73 bits per heavy atom. The van der Waals surface area contributed by atoms with E-state index in [-0.39, 0.29) is 10.8 Å². The van der Waals surface area contributed by atoms with Crippen LogP contribution in [0.5, 0.6) is 0 Å². The van der Waals surface area contributed by atoms with Crippen molar-refractivity contribution >= 4 is 38.9 Å². The third-order valence-electron chi connectivity index (χ3n) is 3.70. The molecule has 0 saturated carbocycles. The summed E-state index contributed by atoms with van der Waals surface area (Å²) >= 11 is 0. The van der Waals surface area contributed by atoms with Gasteiger partial charge in [-0.3, -0.25) is 0 Å². The number of anilines is 5. The summed E-state index contributed by atoms with van der Waals surface area (Å²) in [7, 11) is -2.01. The fourth-order valence-electron chi connectivity index (χ4n) is 2.36. The number of primary sulfonamides is 1. The fraction of sp³-hybridized carbons (Fsp3) is 0.0588. The minimum atomic E-state index is -3.87. The molecule has 2 aromatic carbocycles. The lowest BCUT2D eigenvalue weighted by molar-refractivity contribution is 0.598. The second-order valence-corrected chi connectivity index (χ2v) is 7.09. The third-order valence-corrected chi connectivity index (χ3v) is 4.67. The zero-order valence-corrected chi connectivity index (χ0v) is 14.8. The molecule has 1 aromatic heterocycles. The molecule has 0 atom stereocenters. The lowest BCUT2D eigenvalue weighted by Gasteiger charge is -2.19. The highest BCUT2D eigenvalue weighted by atomic mass is 32.2. The molecule has 0 unspecified atom stereocenters. The number of hydrogen-bond donors (Lipinski definition) is 3. The highest BCUT2D eigenvalue weighted by Gasteiger charge is 2.14. The summed E-state index contributed by atoms with van der Waals surface area (Å²) in [6, 6.07) is 15.4. The molecule has 0 radical (unpaired) electrons. The van der Waals surface area contributed by atoms with Gasteiger partial charge in [0.2, 0.25) is 16.0 Å². The van der Waals surface area contributed by atoms with Gasteiger partial charge in [0.1, 0.15) is 10.7 Å². The highest BCUT2D eigenvalue weighted by Crippen LogP contribution is 2.25. The van der Waals surface area contributed by atoms with E-state index >= 15 is 0 Å². The molecular weight excluding hydrogens is 352 g/mol. The molecule has 1 heterocycles. The molecule has 5 N–H and O–H groups in total. The van der Waals surface area contributed by atoms with Crippen LogP contribution in [-0.2, 0) is 10.0 Å². The lowest BCUT2D eigenvalue weighted by Crippen LogP contribution is -2.15. The van der Waals surface area contributed by atoms with E-state index in [0.29, 0.717) is 17.2 Å². The van der Waals surface area contributed by atoms with Crippen molar-refractivity contribution in [2.45, 2.75) is 4.90 Å². The van der Waals surface area contributed by atoms with E-state index in [9.17, 15) is 8.42 Å². The molecule has 0 aliphatic rings. The van der Waals surface area contributed by atoms with E-state index < -0.39 is 10.0 Å². The molecule has 0 fully saturated rings. The predicted molar refractivity (Wildman–Crippen MR) is 102 cm³/mol. The SMILES string of the molecule is CN(c1ccc(N)cc1)c1ccnc(Nc2ccccc2S(N)(=O)=O)n1. The minimum Gasteiger partial charge on any atom is -0.399 e. The Hall–Kier alpha value is -3.17. The van der Waals surface area contributed by atoms with Crippen molar-refractivity contribution in [3.63, 3.8) is 0 Å². The summed E-state index contributed by atoms with van der Waals surface area (Å²) in [6.45, 7) is 0. The van der Waals surface area contributed by atoms with Crippen molar-refractivity contribution in [1.82, 2.24) is 9.97 Å². The molecule has 134 valence electrons. The zero-order valence-electron chi connectivity index (χ0n) is 14.0.